The molecule has 6 heteroatoms. The molecule has 3 nitrogen and oxygen atoms in total. The molecule has 0 radical (unpaired) electrons. The summed E-state index contributed by atoms with van der Waals surface area (Å²) in [6.45, 7) is 0.642. The van der Waals surface area contributed by atoms with E-state index in [1.54, 1.807) is 12.1 Å². The number of imidazole rings is 1. The van der Waals surface area contributed by atoms with Gasteiger partial charge in [-0.15, -0.1) is 0 Å². The smallest absolute Gasteiger partial charge is 0.175 e. The third kappa shape index (κ3) is 2.68. The molecule has 0 atom stereocenters. The van der Waals surface area contributed by atoms with Gasteiger partial charge >= 0.3 is 0 Å². The monoisotopic (exact) mass is 317 g/mol. The van der Waals surface area contributed by atoms with Crippen molar-refractivity contribution in [1.29, 1.82) is 0 Å². The Kier molecular flexibility index (Phi) is 3.81. The molecular weight excluding hydrogens is 308 g/mol. The van der Waals surface area contributed by atoms with E-state index in [0.29, 0.717) is 11.3 Å². The van der Waals surface area contributed by atoms with Gasteiger partial charge < -0.3 is 10.3 Å². The van der Waals surface area contributed by atoms with Crippen molar-refractivity contribution in [2.24, 2.45) is 0 Å². The number of nitrogens with one attached hydrogen (secondary N) is 2. The number of aromatic amines is 1. The number of hydrogen-bond acceptors (Lipinski definition) is 2. The average molecular weight is 319 g/mol. The number of nitrogens with zero attached hydrogens (tertiary/aromatic N) is 1. The van der Waals surface area contributed by atoms with Crippen LogP contribution in [0.25, 0.3) is 11.3 Å². The van der Waals surface area contributed by atoms with Crippen molar-refractivity contribution < 1.29 is 4.39 Å². The van der Waals surface area contributed by atoms with E-state index in [2.05, 4.69) is 31.2 Å². The Morgan fingerprint density at radius 3 is 2.94 bits per heavy atom. The highest BCUT2D eigenvalue weighted by atomic mass is 79.9. The standard InChI is InChI=1S/C11H10BrClFN3/c1-15-5-9-10(17-11(12)16-9)6-2-3-8(14)7(13)4-6/h2-4,15H,5H2,1H3,(H,16,17). The van der Waals surface area contributed by atoms with Crippen molar-refractivity contribution in [1.82, 2.24) is 15.3 Å². The molecule has 17 heavy (non-hydrogen) atoms. The Morgan fingerprint density at radius 1 is 1.53 bits per heavy atom. The van der Waals surface area contributed by atoms with Crippen LogP contribution in [0, 0.1) is 5.82 Å². The summed E-state index contributed by atoms with van der Waals surface area (Å²) in [5, 5.41) is 3.13. The van der Waals surface area contributed by atoms with Gasteiger partial charge in [0.2, 0.25) is 0 Å². The average Bonchev–Trinajstić information content (AvgIpc) is 2.64. The molecule has 0 bridgehead atoms. The molecule has 0 saturated carbocycles. The van der Waals surface area contributed by atoms with Crippen molar-refractivity contribution >= 4 is 27.5 Å². The molecule has 0 aliphatic carbocycles. The second kappa shape index (κ2) is 5.16. The first-order chi connectivity index (χ1) is 8.11. The molecule has 0 unspecified atom stereocenters. The van der Waals surface area contributed by atoms with E-state index < -0.39 is 5.82 Å². The maximum Gasteiger partial charge on any atom is 0.175 e. The van der Waals surface area contributed by atoms with Crippen LogP contribution >= 0.6 is 27.5 Å². The van der Waals surface area contributed by atoms with Crippen molar-refractivity contribution in [3.8, 4) is 11.3 Å². The van der Waals surface area contributed by atoms with Crippen LogP contribution in [0.1, 0.15) is 5.69 Å². The molecule has 1 heterocycles. The summed E-state index contributed by atoms with van der Waals surface area (Å²) >= 11 is 9.04. The molecule has 0 fully saturated rings. The Balaban J connectivity index is 2.47. The first kappa shape index (κ1) is 12.5. The molecule has 2 rings (SSSR count). The molecule has 0 spiro atoms. The van der Waals surface area contributed by atoms with E-state index in [1.807, 2.05) is 7.05 Å². The van der Waals surface area contributed by atoms with Gasteiger partial charge in [0.15, 0.2) is 4.73 Å². The molecular formula is C11H10BrClFN3. The van der Waals surface area contributed by atoms with Crippen molar-refractivity contribution in [3.63, 3.8) is 0 Å². The highest BCUT2D eigenvalue weighted by Crippen LogP contribution is 2.27. The lowest BCUT2D eigenvalue weighted by atomic mass is 10.1. The molecule has 0 amide bonds. The largest absolute Gasteiger partial charge is 0.335 e. The molecule has 90 valence electrons. The number of H-pyrrole nitrogens is 1. The van der Waals surface area contributed by atoms with Crippen LogP contribution < -0.4 is 5.32 Å². The maximum absolute atomic E-state index is 13.1. The molecule has 1 aromatic carbocycles. The Hall–Kier alpha value is -0.910. The number of aromatic nitrogens is 2. The summed E-state index contributed by atoms with van der Waals surface area (Å²) in [6, 6.07) is 4.56. The van der Waals surface area contributed by atoms with Crippen LogP contribution in [0.4, 0.5) is 4.39 Å². The van der Waals surface area contributed by atoms with Gasteiger partial charge in [0.1, 0.15) is 5.82 Å². The van der Waals surface area contributed by atoms with Crippen LogP contribution in [0.2, 0.25) is 5.02 Å². The van der Waals surface area contributed by atoms with Gasteiger partial charge in [0.05, 0.1) is 16.4 Å². The zero-order chi connectivity index (χ0) is 12.4. The van der Waals surface area contributed by atoms with E-state index in [9.17, 15) is 4.39 Å². The minimum atomic E-state index is -0.430. The predicted octanol–water partition coefficient (Wildman–Crippen LogP) is 3.35. The summed E-state index contributed by atoms with van der Waals surface area (Å²) in [6.07, 6.45) is 0. The quantitative estimate of drug-likeness (QED) is 0.911. The summed E-state index contributed by atoms with van der Waals surface area (Å²) in [7, 11) is 1.84. The molecule has 0 aliphatic heterocycles. The summed E-state index contributed by atoms with van der Waals surface area (Å²) < 4.78 is 13.7. The molecule has 2 aromatic rings. The lowest BCUT2D eigenvalue weighted by Crippen LogP contribution is -2.06. The number of rotatable bonds is 3. The Morgan fingerprint density at radius 2 is 2.29 bits per heavy atom. The van der Waals surface area contributed by atoms with Crippen LogP contribution in [0.5, 0.6) is 0 Å². The second-order valence-corrected chi connectivity index (χ2v) is 4.67. The fraction of sp³-hybridized carbons (Fsp3) is 0.182. The fourth-order valence-electron chi connectivity index (χ4n) is 1.56. The van der Waals surface area contributed by atoms with Gasteiger partial charge in [-0.3, -0.25) is 0 Å². The lowest BCUT2D eigenvalue weighted by Gasteiger charge is -2.03. The van der Waals surface area contributed by atoms with E-state index >= 15 is 0 Å². The topological polar surface area (TPSA) is 40.7 Å². The first-order valence-electron chi connectivity index (χ1n) is 4.96. The highest BCUT2D eigenvalue weighted by Gasteiger charge is 2.12. The van der Waals surface area contributed by atoms with Gasteiger partial charge in [-0.1, -0.05) is 11.6 Å². The minimum Gasteiger partial charge on any atom is -0.335 e. The Bertz CT molecular complexity index is 542. The molecule has 2 N–H and O–H groups in total. The van der Waals surface area contributed by atoms with E-state index in [4.69, 9.17) is 11.6 Å². The normalized spacial score (nSPS) is 10.8. The van der Waals surface area contributed by atoms with E-state index in [0.717, 1.165) is 17.0 Å². The summed E-state index contributed by atoms with van der Waals surface area (Å²) in [4.78, 5) is 7.39. The van der Waals surface area contributed by atoms with Gasteiger partial charge in [0, 0.05) is 12.1 Å². The summed E-state index contributed by atoms with van der Waals surface area (Å²) in [5.41, 5.74) is 2.46. The summed E-state index contributed by atoms with van der Waals surface area (Å²) in [5.74, 6) is -0.430. The van der Waals surface area contributed by atoms with Crippen LogP contribution in [-0.4, -0.2) is 17.0 Å². The van der Waals surface area contributed by atoms with Crippen molar-refractivity contribution in [2.45, 2.75) is 6.54 Å². The van der Waals surface area contributed by atoms with Crippen LogP contribution in [0.3, 0.4) is 0 Å². The fourth-order valence-corrected chi connectivity index (χ4v) is 2.16. The van der Waals surface area contributed by atoms with Gasteiger partial charge in [-0.05, 0) is 41.2 Å². The lowest BCUT2D eigenvalue weighted by molar-refractivity contribution is 0.628. The maximum atomic E-state index is 13.1. The first-order valence-corrected chi connectivity index (χ1v) is 6.13. The van der Waals surface area contributed by atoms with Crippen molar-refractivity contribution in [3.05, 3.63) is 39.5 Å². The number of halogens is 3. The van der Waals surface area contributed by atoms with Crippen LogP contribution in [0.15, 0.2) is 22.9 Å². The molecule has 1 aromatic heterocycles. The Labute approximate surface area is 112 Å². The zero-order valence-electron chi connectivity index (χ0n) is 9.02. The SMILES string of the molecule is CNCc1[nH]c(Br)nc1-c1ccc(F)c(Cl)c1. The van der Waals surface area contributed by atoms with Gasteiger partial charge in [-0.25, -0.2) is 9.37 Å². The van der Waals surface area contributed by atoms with Crippen molar-refractivity contribution in [2.75, 3.05) is 7.05 Å². The number of benzene rings is 1. The minimum absolute atomic E-state index is 0.0945. The third-order valence-electron chi connectivity index (χ3n) is 2.30. The second-order valence-electron chi connectivity index (χ2n) is 3.51. The molecule has 0 saturated heterocycles. The zero-order valence-corrected chi connectivity index (χ0v) is 11.4. The predicted molar refractivity (Wildman–Crippen MR) is 69.5 cm³/mol. The van der Waals surface area contributed by atoms with E-state index in [-0.39, 0.29) is 5.02 Å². The molecule has 0 aliphatic rings. The van der Waals surface area contributed by atoms with Gasteiger partial charge in [-0.2, -0.15) is 0 Å². The third-order valence-corrected chi connectivity index (χ3v) is 2.96. The number of hydrogen-bond donors (Lipinski definition) is 2. The van der Waals surface area contributed by atoms with Gasteiger partial charge in [0.25, 0.3) is 0 Å². The van der Waals surface area contributed by atoms with Crippen LogP contribution in [-0.2, 0) is 6.54 Å². The highest BCUT2D eigenvalue weighted by molar-refractivity contribution is 9.10. The van der Waals surface area contributed by atoms with E-state index in [1.165, 1.54) is 6.07 Å².